The highest BCUT2D eigenvalue weighted by molar-refractivity contribution is 4.72. The molecule has 26 nitrogen and oxygen atoms in total. The highest BCUT2D eigenvalue weighted by Crippen LogP contribution is 2.13. The second-order valence-corrected chi connectivity index (χ2v) is 26.6. The van der Waals surface area contributed by atoms with Crippen LogP contribution >= 0.6 is 0 Å². The summed E-state index contributed by atoms with van der Waals surface area (Å²) >= 11 is 0. The second-order valence-electron chi connectivity index (χ2n) is 26.6. The highest BCUT2D eigenvalue weighted by Gasteiger charge is 2.26. The van der Waals surface area contributed by atoms with E-state index in [1.807, 2.05) is 27.7 Å². The zero-order valence-electron chi connectivity index (χ0n) is 59.5. The average molecular weight is 1310 g/mol. The normalized spacial score (nSPS) is 16.7. The van der Waals surface area contributed by atoms with E-state index in [0.29, 0.717) is 71.8 Å². The molecule has 12 atom stereocenters. The lowest BCUT2D eigenvalue weighted by atomic mass is 10.1. The number of quaternary nitrogens is 4. The van der Waals surface area contributed by atoms with Crippen molar-refractivity contribution in [3.63, 3.8) is 0 Å². The van der Waals surface area contributed by atoms with Crippen LogP contribution in [0.3, 0.4) is 0 Å². The lowest BCUT2D eigenvalue weighted by Gasteiger charge is -2.35. The molecule has 0 aromatic carbocycles. The first-order valence-electron chi connectivity index (χ1n) is 33.8. The van der Waals surface area contributed by atoms with E-state index in [4.69, 9.17) is 56.8 Å². The van der Waals surface area contributed by atoms with Crippen molar-refractivity contribution in [2.75, 3.05) is 295 Å². The Hall–Kier alpha value is -1.04. The number of aliphatic hydroxyl groups is 6. The van der Waals surface area contributed by atoms with Crippen LogP contribution in [-0.2, 0) is 56.8 Å². The standard InChI is InChI=1S/C64H139N8O18/c1-16-57(76)44-81-40-54(3)41-88-61(33-58(77)34-66-20-28-72(13,29-26-69(9)10)30-27-70(11)12)46-84-50-63(48-83-43-56(37-74)42-79-14)90-52-64(87-32-18-60(38-75)86-31-17-55(4)80-15)51-85-49-62(47-82-39-53(2)36-73)89-45-59(78)35-65-19-21-71(24-22-67(5)6)25-23-68(7)8/h53-66,73-78H,16-52H2,1-15H3/q+1/p+3. The first-order chi connectivity index (χ1) is 43.0. The molecule has 0 bridgehead atoms. The molecule has 12 unspecified atom stereocenters. The third-order valence-electron chi connectivity index (χ3n) is 15.5. The van der Waals surface area contributed by atoms with E-state index in [-0.39, 0.29) is 116 Å². The van der Waals surface area contributed by atoms with Gasteiger partial charge in [-0.15, -0.1) is 0 Å². The summed E-state index contributed by atoms with van der Waals surface area (Å²) in [6.07, 6.45) is -2.82. The summed E-state index contributed by atoms with van der Waals surface area (Å²) in [5.74, 6) is -0.336. The lowest BCUT2D eigenvalue weighted by molar-refractivity contribution is -0.966. The van der Waals surface area contributed by atoms with Gasteiger partial charge in [-0.2, -0.15) is 0 Å². The number of hydrogen-bond acceptors (Lipinski definition) is 22. The van der Waals surface area contributed by atoms with Gasteiger partial charge < -0.3 is 122 Å². The summed E-state index contributed by atoms with van der Waals surface area (Å²) in [4.78, 5) is 8.87. The summed E-state index contributed by atoms with van der Waals surface area (Å²) in [6, 6.07) is 0. The lowest BCUT2D eigenvalue weighted by Crippen LogP contribution is -3.07. The van der Waals surface area contributed by atoms with Crippen LogP contribution in [-0.4, -0.2) is 395 Å². The van der Waals surface area contributed by atoms with Crippen molar-refractivity contribution >= 4 is 0 Å². The molecule has 0 rings (SSSR count). The van der Waals surface area contributed by atoms with Crippen molar-refractivity contribution in [2.45, 2.75) is 108 Å². The van der Waals surface area contributed by atoms with Gasteiger partial charge in [-0.05, 0) is 40.3 Å². The minimum atomic E-state index is -0.787. The van der Waals surface area contributed by atoms with E-state index in [1.165, 1.54) is 14.7 Å². The van der Waals surface area contributed by atoms with Crippen molar-refractivity contribution < 1.29 is 107 Å². The van der Waals surface area contributed by atoms with Gasteiger partial charge in [0.05, 0.1) is 205 Å². The molecule has 542 valence electrons. The molecule has 0 spiro atoms. The van der Waals surface area contributed by atoms with Crippen LogP contribution in [0.4, 0.5) is 0 Å². The third-order valence-corrected chi connectivity index (χ3v) is 15.5. The van der Waals surface area contributed by atoms with E-state index in [1.54, 1.807) is 14.2 Å². The largest absolute Gasteiger partial charge is 0.396 e. The van der Waals surface area contributed by atoms with Gasteiger partial charge in [0.15, 0.2) is 0 Å². The topological polar surface area (TPSA) is 276 Å². The second kappa shape index (κ2) is 58.1. The van der Waals surface area contributed by atoms with Crippen LogP contribution in [0.5, 0.6) is 0 Å². The van der Waals surface area contributed by atoms with Gasteiger partial charge >= 0.3 is 0 Å². The molecule has 26 heteroatoms. The zero-order chi connectivity index (χ0) is 67.4. The summed E-state index contributed by atoms with van der Waals surface area (Å²) < 4.78 is 74.1. The number of rotatable bonds is 68. The van der Waals surface area contributed by atoms with E-state index in [0.717, 1.165) is 83.0 Å². The zero-order valence-corrected chi connectivity index (χ0v) is 59.5. The molecule has 0 aliphatic carbocycles. The Kier molecular flexibility index (Phi) is 57.5. The minimum Gasteiger partial charge on any atom is -0.396 e. The summed E-state index contributed by atoms with van der Waals surface area (Å²) in [7, 11) is 22.8. The molecule has 90 heavy (non-hydrogen) atoms. The van der Waals surface area contributed by atoms with Gasteiger partial charge in [0.2, 0.25) is 0 Å². The fourth-order valence-electron chi connectivity index (χ4n) is 8.91. The monoisotopic (exact) mass is 1310 g/mol. The fourth-order valence-corrected chi connectivity index (χ4v) is 8.91. The fraction of sp³-hybridized carbons (Fsp3) is 1.00. The first kappa shape index (κ1) is 89.0. The molecule has 11 N–H and O–H groups in total. The maximum atomic E-state index is 11.5. The number of nitrogens with one attached hydrogen (secondary N) is 5. The number of methoxy groups -OCH3 is 2. The van der Waals surface area contributed by atoms with Gasteiger partial charge in [0.25, 0.3) is 0 Å². The Morgan fingerprint density at radius 2 is 0.989 bits per heavy atom. The molecular weight excluding hydrogens is 1170 g/mol. The molecule has 0 heterocycles. The number of likely N-dealkylation sites (N-methyl/N-ethyl adjacent to an activating group) is 5. The molecule has 0 saturated carbocycles. The van der Waals surface area contributed by atoms with Crippen LogP contribution in [0.15, 0.2) is 0 Å². The number of ether oxygens (including phenoxy) is 12. The molecule has 0 radical (unpaired) electrons. The average Bonchev–Trinajstić information content (AvgIpc) is 3.72. The smallest absolute Gasteiger partial charge is 0.128 e. The number of hydrogen-bond donors (Lipinski definition) is 11. The van der Waals surface area contributed by atoms with Crippen molar-refractivity contribution in [2.24, 2.45) is 17.8 Å². The Balaban J connectivity index is 6.49. The SMILES string of the molecule is CCC(O)COCC(C)COC(COCC(COCC(CO)COC)OCC(COCC(COCC(C)CO)OCC(O)CNCCN(CCN(C)C)CC[NH+](C)C)OCCC(CO)OCCC(C)OC)CC(O)CNCC[N+](C)(CC[NH+](C)C)CC[NH+](C)C. The van der Waals surface area contributed by atoms with Crippen molar-refractivity contribution in [3.8, 4) is 0 Å². The van der Waals surface area contributed by atoms with Crippen LogP contribution in [0, 0.1) is 17.8 Å². The van der Waals surface area contributed by atoms with Crippen molar-refractivity contribution in [1.82, 2.24) is 20.4 Å². The van der Waals surface area contributed by atoms with E-state index in [2.05, 4.69) is 83.9 Å². The Bertz CT molecular complexity index is 1530. The predicted molar refractivity (Wildman–Crippen MR) is 351 cm³/mol. The van der Waals surface area contributed by atoms with Gasteiger partial charge in [0, 0.05) is 111 Å². The molecule has 0 aliphatic rings. The molecule has 0 aromatic rings. The van der Waals surface area contributed by atoms with Gasteiger partial charge in [-0.25, -0.2) is 0 Å². The molecule has 0 amide bonds. The Morgan fingerprint density at radius 1 is 0.467 bits per heavy atom. The summed E-state index contributed by atoms with van der Waals surface area (Å²) in [6.45, 7) is 22.9. The Morgan fingerprint density at radius 3 is 1.56 bits per heavy atom. The minimum absolute atomic E-state index is 0.00551. The van der Waals surface area contributed by atoms with Crippen LogP contribution < -0.4 is 25.3 Å². The van der Waals surface area contributed by atoms with E-state index < -0.39 is 48.8 Å². The molecule has 0 aliphatic heterocycles. The molecule has 0 saturated heterocycles. The van der Waals surface area contributed by atoms with E-state index >= 15 is 0 Å². The maximum Gasteiger partial charge on any atom is 0.128 e. The molecule has 0 aromatic heterocycles. The number of nitrogens with zero attached hydrogens (tertiary/aromatic N) is 3. The van der Waals surface area contributed by atoms with Gasteiger partial charge in [0.1, 0.15) is 44.5 Å². The third kappa shape index (κ3) is 53.1. The van der Waals surface area contributed by atoms with E-state index in [9.17, 15) is 30.6 Å². The predicted octanol–water partition coefficient (Wildman–Crippen LogP) is -4.87. The van der Waals surface area contributed by atoms with Crippen molar-refractivity contribution in [1.29, 1.82) is 0 Å². The Labute approximate surface area is 546 Å². The quantitative estimate of drug-likeness (QED) is 0.0201. The van der Waals surface area contributed by atoms with Gasteiger partial charge in [-0.1, -0.05) is 20.8 Å². The van der Waals surface area contributed by atoms with Crippen LogP contribution in [0.2, 0.25) is 0 Å². The summed E-state index contributed by atoms with van der Waals surface area (Å²) in [5.41, 5.74) is 0. The highest BCUT2D eigenvalue weighted by atomic mass is 16.6. The first-order valence-corrected chi connectivity index (χ1v) is 33.8. The molecular formula is C64H142N8O18+4. The van der Waals surface area contributed by atoms with Gasteiger partial charge in [-0.3, -0.25) is 4.90 Å². The number of aliphatic hydroxyl groups excluding tert-OH is 6. The van der Waals surface area contributed by atoms with Crippen LogP contribution in [0.25, 0.3) is 0 Å². The maximum absolute atomic E-state index is 11.5. The molecule has 0 fully saturated rings. The van der Waals surface area contributed by atoms with Crippen LogP contribution in [0.1, 0.15) is 53.4 Å². The van der Waals surface area contributed by atoms with Crippen molar-refractivity contribution in [3.05, 3.63) is 0 Å². The summed E-state index contributed by atoms with van der Waals surface area (Å²) in [5, 5.41) is 69.5.